The zero-order valence-electron chi connectivity index (χ0n) is 10.4. The molecule has 0 aliphatic heterocycles. The number of fused-ring (bicyclic) bond motifs is 1. The molecule has 0 amide bonds. The molecule has 0 radical (unpaired) electrons. The smallest absolute Gasteiger partial charge is 0.100 e. The molecule has 0 aliphatic rings. The molecule has 0 heterocycles. The summed E-state index contributed by atoms with van der Waals surface area (Å²) in [5, 5.41) is 21.8. The second kappa shape index (κ2) is 5.68. The Balaban J connectivity index is 2.82. The Morgan fingerprint density at radius 2 is 2.05 bits per heavy atom. The fourth-order valence-electron chi connectivity index (χ4n) is 2.06. The molecule has 0 aliphatic carbocycles. The van der Waals surface area contributed by atoms with Gasteiger partial charge in [0, 0.05) is 24.2 Å². The molecule has 0 aromatic heterocycles. The number of nitriles is 1. The predicted molar refractivity (Wildman–Crippen MR) is 82.4 cm³/mol. The minimum absolute atomic E-state index is 0.612. The Bertz CT molecular complexity index is 711. The number of hydrogen-bond donors (Lipinski definition) is 2. The summed E-state index contributed by atoms with van der Waals surface area (Å²) in [4.78, 5) is 0. The number of rotatable bonds is 3. The van der Waals surface area contributed by atoms with E-state index in [0.29, 0.717) is 10.0 Å². The van der Waals surface area contributed by atoms with E-state index in [4.69, 9.17) is 5.41 Å². The van der Waals surface area contributed by atoms with Crippen molar-refractivity contribution in [3.8, 4) is 6.07 Å². The summed E-state index contributed by atoms with van der Waals surface area (Å²) >= 11 is 3.33. The summed E-state index contributed by atoms with van der Waals surface area (Å²) in [5.41, 5.74) is 2.14. The van der Waals surface area contributed by atoms with Gasteiger partial charge in [0.05, 0.1) is 15.7 Å². The van der Waals surface area contributed by atoms with E-state index in [1.54, 1.807) is 7.05 Å². The van der Waals surface area contributed by atoms with Crippen LogP contribution in [-0.4, -0.2) is 13.3 Å². The molecule has 0 saturated heterocycles. The molecule has 0 spiro atoms. The van der Waals surface area contributed by atoms with Crippen molar-refractivity contribution in [3.63, 3.8) is 0 Å². The molecule has 94 valence electrons. The summed E-state index contributed by atoms with van der Waals surface area (Å²) in [5.74, 6) is 0. The van der Waals surface area contributed by atoms with Crippen molar-refractivity contribution in [1.29, 1.82) is 10.7 Å². The fraction of sp³-hybridized carbons (Fsp3) is 0.0667. The third-order valence-electron chi connectivity index (χ3n) is 2.93. The lowest BCUT2D eigenvalue weighted by molar-refractivity contribution is 1.13. The summed E-state index contributed by atoms with van der Waals surface area (Å²) < 4.78 is 0.613. The number of benzene rings is 2. The first-order chi connectivity index (χ1) is 9.22. The van der Waals surface area contributed by atoms with Crippen molar-refractivity contribution in [1.82, 2.24) is 5.32 Å². The highest BCUT2D eigenvalue weighted by Gasteiger charge is 2.12. The lowest BCUT2D eigenvalue weighted by atomic mass is 9.97. The van der Waals surface area contributed by atoms with Crippen molar-refractivity contribution < 1.29 is 0 Å². The highest BCUT2D eigenvalue weighted by molar-refractivity contribution is 9.12. The Kier molecular flexibility index (Phi) is 3.98. The maximum Gasteiger partial charge on any atom is 0.100 e. The molecule has 19 heavy (non-hydrogen) atoms. The van der Waals surface area contributed by atoms with E-state index in [1.807, 2.05) is 36.4 Å². The Morgan fingerprint density at radius 1 is 1.32 bits per heavy atom. The normalized spacial score (nSPS) is 11.6. The molecule has 2 aromatic rings. The van der Waals surface area contributed by atoms with Crippen molar-refractivity contribution in [2.45, 2.75) is 0 Å². The molecule has 0 saturated carbocycles. The minimum Gasteiger partial charge on any atom is -0.387 e. The van der Waals surface area contributed by atoms with Gasteiger partial charge in [0.25, 0.3) is 0 Å². The van der Waals surface area contributed by atoms with Gasteiger partial charge in [-0.3, -0.25) is 0 Å². The van der Waals surface area contributed by atoms with E-state index >= 15 is 0 Å². The van der Waals surface area contributed by atoms with Crippen LogP contribution in [0.2, 0.25) is 0 Å². The van der Waals surface area contributed by atoms with Gasteiger partial charge in [0.1, 0.15) is 6.07 Å². The first-order valence-corrected chi connectivity index (χ1v) is 6.52. The van der Waals surface area contributed by atoms with Gasteiger partial charge in [-0.05, 0) is 21.3 Å². The zero-order chi connectivity index (χ0) is 13.8. The lowest BCUT2D eigenvalue weighted by Crippen LogP contribution is -2.08. The monoisotopic (exact) mass is 313 g/mol. The molecule has 4 heteroatoms. The predicted octanol–water partition coefficient (Wildman–Crippen LogP) is 3.64. The van der Waals surface area contributed by atoms with Crippen LogP contribution in [0.4, 0.5) is 0 Å². The Morgan fingerprint density at radius 3 is 2.68 bits per heavy atom. The van der Waals surface area contributed by atoms with E-state index in [9.17, 15) is 5.26 Å². The maximum absolute atomic E-state index is 9.44. The zero-order valence-corrected chi connectivity index (χ0v) is 12.0. The summed E-state index contributed by atoms with van der Waals surface area (Å²) in [6.07, 6.45) is 1.21. The average Bonchev–Trinajstić information content (AvgIpc) is 2.47. The van der Waals surface area contributed by atoms with Crippen LogP contribution in [-0.2, 0) is 0 Å². The molecular weight excluding hydrogens is 302 g/mol. The highest BCUT2D eigenvalue weighted by Crippen LogP contribution is 2.28. The SMILES string of the molecule is CN/C(=C(/Br)C=N)c1ccc2ccccc2c1C#N. The van der Waals surface area contributed by atoms with Crippen molar-refractivity contribution in [2.75, 3.05) is 7.05 Å². The van der Waals surface area contributed by atoms with Crippen LogP contribution >= 0.6 is 15.9 Å². The van der Waals surface area contributed by atoms with Gasteiger partial charge >= 0.3 is 0 Å². The van der Waals surface area contributed by atoms with Gasteiger partial charge in [-0.25, -0.2) is 0 Å². The molecule has 0 atom stereocenters. The first kappa shape index (κ1) is 13.3. The second-order valence-corrected chi connectivity index (χ2v) is 4.79. The molecule has 3 nitrogen and oxygen atoms in total. The maximum atomic E-state index is 9.44. The van der Waals surface area contributed by atoms with Crippen LogP contribution in [0.15, 0.2) is 40.9 Å². The molecule has 2 N–H and O–H groups in total. The van der Waals surface area contributed by atoms with Gasteiger partial charge in [-0.1, -0.05) is 36.4 Å². The molecule has 0 fully saturated rings. The van der Waals surface area contributed by atoms with E-state index in [-0.39, 0.29) is 0 Å². The average molecular weight is 314 g/mol. The highest BCUT2D eigenvalue weighted by atomic mass is 79.9. The third kappa shape index (κ3) is 2.38. The third-order valence-corrected chi connectivity index (χ3v) is 3.55. The van der Waals surface area contributed by atoms with E-state index < -0.39 is 0 Å². The lowest BCUT2D eigenvalue weighted by Gasteiger charge is -2.12. The Hall–Kier alpha value is -2.12. The number of nitrogens with zero attached hydrogens (tertiary/aromatic N) is 1. The molecule has 0 unspecified atom stereocenters. The molecule has 2 aromatic carbocycles. The number of hydrogen-bond acceptors (Lipinski definition) is 3. The van der Waals surface area contributed by atoms with Crippen LogP contribution < -0.4 is 5.32 Å². The van der Waals surface area contributed by atoms with E-state index in [0.717, 1.165) is 22.0 Å². The largest absolute Gasteiger partial charge is 0.387 e. The summed E-state index contributed by atoms with van der Waals surface area (Å²) in [7, 11) is 1.77. The Labute approximate surface area is 120 Å². The van der Waals surface area contributed by atoms with Crippen molar-refractivity contribution in [2.24, 2.45) is 0 Å². The van der Waals surface area contributed by atoms with Gasteiger partial charge in [0.2, 0.25) is 0 Å². The summed E-state index contributed by atoms with van der Waals surface area (Å²) in [6, 6.07) is 13.9. The van der Waals surface area contributed by atoms with Crippen molar-refractivity contribution in [3.05, 3.63) is 52.0 Å². The van der Waals surface area contributed by atoms with Crippen LogP contribution in [0.5, 0.6) is 0 Å². The van der Waals surface area contributed by atoms with Crippen LogP contribution in [0.1, 0.15) is 11.1 Å². The second-order valence-electron chi connectivity index (χ2n) is 3.94. The first-order valence-electron chi connectivity index (χ1n) is 5.73. The fourth-order valence-corrected chi connectivity index (χ4v) is 2.47. The number of nitrogens with one attached hydrogen (secondary N) is 2. The quantitative estimate of drug-likeness (QED) is 0.850. The van der Waals surface area contributed by atoms with Gasteiger partial charge in [0.15, 0.2) is 0 Å². The van der Waals surface area contributed by atoms with Crippen LogP contribution in [0.25, 0.3) is 16.5 Å². The number of allylic oxidation sites excluding steroid dienone is 1. The standard InChI is InChI=1S/C15H12BrN3/c1-19-15(14(16)9-18)12-7-6-10-4-2-3-5-11(10)13(12)8-17/h2-7,9,18-19H,1H3/b15-14+,18-9?. The van der Waals surface area contributed by atoms with Crippen molar-refractivity contribution >= 4 is 38.6 Å². The van der Waals surface area contributed by atoms with Gasteiger partial charge in [-0.2, -0.15) is 5.26 Å². The van der Waals surface area contributed by atoms with Crippen LogP contribution in [0.3, 0.4) is 0 Å². The van der Waals surface area contributed by atoms with Crippen LogP contribution in [0, 0.1) is 16.7 Å². The topological polar surface area (TPSA) is 59.7 Å². The van der Waals surface area contributed by atoms with E-state index in [2.05, 4.69) is 27.3 Å². The van der Waals surface area contributed by atoms with E-state index in [1.165, 1.54) is 6.21 Å². The molecule has 0 bridgehead atoms. The number of halogens is 1. The van der Waals surface area contributed by atoms with Gasteiger partial charge in [-0.15, -0.1) is 0 Å². The minimum atomic E-state index is 0.612. The molecule has 2 rings (SSSR count). The molecular formula is C15H12BrN3. The summed E-state index contributed by atoms with van der Waals surface area (Å²) in [6.45, 7) is 0. The van der Waals surface area contributed by atoms with Gasteiger partial charge < -0.3 is 10.7 Å².